The fourth-order valence-electron chi connectivity index (χ4n) is 2.48. The van der Waals surface area contributed by atoms with Gasteiger partial charge in [-0.2, -0.15) is 0 Å². The predicted octanol–water partition coefficient (Wildman–Crippen LogP) is 5.07. The van der Waals surface area contributed by atoms with Gasteiger partial charge in [-0.1, -0.05) is 29.8 Å². The van der Waals surface area contributed by atoms with Crippen LogP contribution in [-0.2, 0) is 0 Å². The summed E-state index contributed by atoms with van der Waals surface area (Å²) >= 11 is 7.72. The Morgan fingerprint density at radius 2 is 2.17 bits per heavy atom. The Bertz CT molecular complexity index is 740. The molecule has 2 aromatic rings. The minimum absolute atomic E-state index is 0.174. The number of hydrogen-bond donors (Lipinski definition) is 1. The molecule has 0 unspecified atom stereocenters. The van der Waals surface area contributed by atoms with Crippen molar-refractivity contribution in [2.75, 3.05) is 17.6 Å². The highest BCUT2D eigenvalue weighted by atomic mass is 35.5. The van der Waals surface area contributed by atoms with Gasteiger partial charge in [0.05, 0.1) is 0 Å². The molecule has 0 radical (unpaired) electrons. The second-order valence-electron chi connectivity index (χ2n) is 5.37. The van der Waals surface area contributed by atoms with Gasteiger partial charge in [-0.05, 0) is 42.3 Å². The van der Waals surface area contributed by atoms with Crippen LogP contribution in [-0.4, -0.2) is 23.2 Å². The zero-order chi connectivity index (χ0) is 16.4. The van der Waals surface area contributed by atoms with Crippen LogP contribution >= 0.6 is 23.4 Å². The molecule has 0 aliphatic carbocycles. The molecule has 0 spiro atoms. The van der Waals surface area contributed by atoms with E-state index in [4.69, 9.17) is 11.6 Å². The van der Waals surface area contributed by atoms with Crippen molar-refractivity contribution in [1.29, 1.82) is 0 Å². The van der Waals surface area contributed by atoms with Gasteiger partial charge >= 0.3 is 6.03 Å². The molecule has 0 aromatic heterocycles. The van der Waals surface area contributed by atoms with Crippen LogP contribution in [0.2, 0.25) is 5.02 Å². The maximum absolute atomic E-state index is 13.4. The van der Waals surface area contributed by atoms with Gasteiger partial charge in [0.1, 0.15) is 11.2 Å². The second kappa shape index (κ2) is 6.81. The Labute approximate surface area is 143 Å². The fourth-order valence-corrected chi connectivity index (χ4v) is 3.91. The summed E-state index contributed by atoms with van der Waals surface area (Å²) < 4.78 is 13.4. The number of aryl methyl sites for hydroxylation is 1. The number of benzene rings is 2. The number of hydrogen-bond acceptors (Lipinski definition) is 2. The van der Waals surface area contributed by atoms with Crippen molar-refractivity contribution in [2.45, 2.75) is 12.3 Å². The molecule has 3 nitrogen and oxygen atoms in total. The lowest BCUT2D eigenvalue weighted by atomic mass is 10.2. The lowest BCUT2D eigenvalue weighted by Crippen LogP contribution is -2.34. The summed E-state index contributed by atoms with van der Waals surface area (Å²) in [5.41, 5.74) is 2.41. The molecule has 1 aliphatic heterocycles. The normalized spacial score (nSPS) is 17.3. The van der Waals surface area contributed by atoms with Gasteiger partial charge in [0, 0.05) is 23.0 Å². The Balaban J connectivity index is 1.76. The molecule has 2 aromatic carbocycles. The van der Waals surface area contributed by atoms with Crippen LogP contribution in [0.4, 0.5) is 14.9 Å². The average Bonchev–Trinajstić information content (AvgIpc) is 3.00. The van der Waals surface area contributed by atoms with Crippen molar-refractivity contribution in [2.24, 2.45) is 0 Å². The van der Waals surface area contributed by atoms with E-state index in [-0.39, 0.29) is 17.2 Å². The minimum Gasteiger partial charge on any atom is -0.308 e. The molecule has 0 saturated carbocycles. The fraction of sp³-hybridized carbons (Fsp3) is 0.235. The molecule has 1 N–H and O–H groups in total. The number of halogens is 2. The summed E-state index contributed by atoms with van der Waals surface area (Å²) in [7, 11) is 0. The summed E-state index contributed by atoms with van der Waals surface area (Å²) in [6.45, 7) is 2.53. The first kappa shape index (κ1) is 16.1. The summed E-state index contributed by atoms with van der Waals surface area (Å²) in [5.74, 6) is 0.532. The highest BCUT2D eigenvalue weighted by molar-refractivity contribution is 7.99. The Morgan fingerprint density at radius 1 is 1.35 bits per heavy atom. The van der Waals surface area contributed by atoms with Crippen LogP contribution in [0.3, 0.4) is 0 Å². The van der Waals surface area contributed by atoms with E-state index in [1.54, 1.807) is 28.8 Å². The zero-order valence-corrected chi connectivity index (χ0v) is 14.1. The van der Waals surface area contributed by atoms with Gasteiger partial charge in [0.25, 0.3) is 0 Å². The van der Waals surface area contributed by atoms with Crippen LogP contribution in [0.5, 0.6) is 0 Å². The Morgan fingerprint density at radius 3 is 2.91 bits per heavy atom. The highest BCUT2D eigenvalue weighted by Gasteiger charge is 2.30. The molecular weight excluding hydrogens is 335 g/mol. The number of nitrogens with zero attached hydrogens (tertiary/aromatic N) is 1. The maximum Gasteiger partial charge on any atom is 0.323 e. The van der Waals surface area contributed by atoms with E-state index in [1.807, 2.05) is 25.1 Å². The number of anilines is 1. The van der Waals surface area contributed by atoms with E-state index in [9.17, 15) is 9.18 Å². The molecule has 1 aliphatic rings. The number of amides is 2. The molecule has 23 heavy (non-hydrogen) atoms. The van der Waals surface area contributed by atoms with Crippen LogP contribution in [0.1, 0.15) is 16.5 Å². The lowest BCUT2D eigenvalue weighted by Gasteiger charge is -2.24. The first-order valence-corrected chi connectivity index (χ1v) is 8.68. The van der Waals surface area contributed by atoms with Crippen molar-refractivity contribution in [3.05, 3.63) is 64.4 Å². The van der Waals surface area contributed by atoms with Gasteiger partial charge in [-0.25, -0.2) is 9.18 Å². The van der Waals surface area contributed by atoms with E-state index < -0.39 is 0 Å². The topological polar surface area (TPSA) is 32.3 Å². The van der Waals surface area contributed by atoms with Crippen molar-refractivity contribution in [1.82, 2.24) is 4.90 Å². The molecule has 120 valence electrons. The number of carbonyl (C=O) groups is 1. The largest absolute Gasteiger partial charge is 0.323 e. The molecule has 6 heteroatoms. The first-order valence-electron chi connectivity index (χ1n) is 7.25. The zero-order valence-electron chi connectivity index (χ0n) is 12.6. The quantitative estimate of drug-likeness (QED) is 0.820. The van der Waals surface area contributed by atoms with Gasteiger partial charge in [-0.3, -0.25) is 0 Å². The van der Waals surface area contributed by atoms with E-state index in [1.165, 1.54) is 12.1 Å². The molecule has 3 rings (SSSR count). The molecule has 1 saturated heterocycles. The van der Waals surface area contributed by atoms with Gasteiger partial charge < -0.3 is 10.2 Å². The SMILES string of the molecule is Cc1ccc(NC(=O)N2CCS[C@@H]2c2cccc(F)c2)cc1Cl. The second-order valence-corrected chi connectivity index (χ2v) is 6.96. The molecule has 2 amide bonds. The smallest absolute Gasteiger partial charge is 0.308 e. The van der Waals surface area contributed by atoms with Crippen LogP contribution in [0.25, 0.3) is 0 Å². The van der Waals surface area contributed by atoms with Crippen molar-refractivity contribution >= 4 is 35.1 Å². The van der Waals surface area contributed by atoms with Crippen molar-refractivity contribution in [3.63, 3.8) is 0 Å². The predicted molar refractivity (Wildman–Crippen MR) is 93.5 cm³/mol. The Kier molecular flexibility index (Phi) is 4.78. The standard InChI is InChI=1S/C17H16ClFN2OS/c1-11-5-6-14(10-15(11)18)20-17(22)21-7-8-23-16(21)12-3-2-4-13(19)9-12/h2-6,9-10,16H,7-8H2,1H3,(H,20,22)/t16-/m1/s1. The number of thioether (sulfide) groups is 1. The highest BCUT2D eigenvalue weighted by Crippen LogP contribution is 2.38. The summed E-state index contributed by atoms with van der Waals surface area (Å²) in [5, 5.41) is 3.30. The van der Waals surface area contributed by atoms with Gasteiger partial charge in [0.15, 0.2) is 0 Å². The number of rotatable bonds is 2. The molecule has 1 heterocycles. The van der Waals surface area contributed by atoms with Gasteiger partial charge in [-0.15, -0.1) is 11.8 Å². The third-order valence-electron chi connectivity index (χ3n) is 3.71. The van der Waals surface area contributed by atoms with E-state index >= 15 is 0 Å². The third kappa shape index (κ3) is 3.62. The summed E-state index contributed by atoms with van der Waals surface area (Å²) in [6, 6.07) is 11.6. The number of urea groups is 1. The number of nitrogens with one attached hydrogen (secondary N) is 1. The van der Waals surface area contributed by atoms with E-state index in [0.29, 0.717) is 17.3 Å². The molecule has 1 fully saturated rings. The average molecular weight is 351 g/mol. The van der Waals surface area contributed by atoms with Crippen LogP contribution in [0, 0.1) is 12.7 Å². The summed E-state index contributed by atoms with van der Waals surface area (Å²) in [6.07, 6.45) is 0. The molecular formula is C17H16ClFN2OS. The van der Waals surface area contributed by atoms with Gasteiger partial charge in [0.2, 0.25) is 0 Å². The van der Waals surface area contributed by atoms with Crippen molar-refractivity contribution in [3.8, 4) is 0 Å². The van der Waals surface area contributed by atoms with Crippen molar-refractivity contribution < 1.29 is 9.18 Å². The van der Waals surface area contributed by atoms with E-state index in [2.05, 4.69) is 5.32 Å². The monoisotopic (exact) mass is 350 g/mol. The summed E-state index contributed by atoms with van der Waals surface area (Å²) in [4.78, 5) is 14.3. The maximum atomic E-state index is 13.4. The van der Waals surface area contributed by atoms with Crippen LogP contribution < -0.4 is 5.32 Å². The third-order valence-corrected chi connectivity index (χ3v) is 5.38. The molecule has 0 bridgehead atoms. The number of carbonyl (C=O) groups excluding carboxylic acids is 1. The molecule has 1 atom stereocenters. The minimum atomic E-state index is -0.291. The first-order chi connectivity index (χ1) is 11.0. The van der Waals surface area contributed by atoms with E-state index in [0.717, 1.165) is 16.9 Å². The van der Waals surface area contributed by atoms with Crippen LogP contribution in [0.15, 0.2) is 42.5 Å². The Hall–Kier alpha value is -1.72. The lowest BCUT2D eigenvalue weighted by molar-refractivity contribution is 0.214.